The van der Waals surface area contributed by atoms with E-state index in [0.717, 1.165) is 43.0 Å². The highest BCUT2D eigenvalue weighted by Crippen LogP contribution is 2.21. The van der Waals surface area contributed by atoms with Gasteiger partial charge in [0.1, 0.15) is 0 Å². The molecule has 0 bridgehead atoms. The smallest absolute Gasteiger partial charge is 0.223 e. The molecular formula is C17H21N5O. The van der Waals surface area contributed by atoms with Crippen LogP contribution in [0.25, 0.3) is 0 Å². The van der Waals surface area contributed by atoms with Gasteiger partial charge in [0.25, 0.3) is 0 Å². The van der Waals surface area contributed by atoms with Gasteiger partial charge in [-0.05, 0) is 49.6 Å². The normalized spacial score (nSPS) is 15.4. The van der Waals surface area contributed by atoms with Crippen molar-refractivity contribution in [1.29, 1.82) is 0 Å². The first-order chi connectivity index (χ1) is 11.2. The number of nitrogens with zero attached hydrogens (tertiary/aromatic N) is 4. The van der Waals surface area contributed by atoms with Crippen molar-refractivity contribution in [2.75, 3.05) is 18.0 Å². The van der Waals surface area contributed by atoms with Crippen LogP contribution >= 0.6 is 0 Å². The van der Waals surface area contributed by atoms with Gasteiger partial charge in [-0.2, -0.15) is 5.10 Å². The van der Waals surface area contributed by atoms with Crippen molar-refractivity contribution in [2.24, 2.45) is 5.92 Å². The minimum atomic E-state index is 0.0755. The first kappa shape index (κ1) is 15.4. The molecule has 0 aromatic carbocycles. The number of piperidine rings is 1. The minimum absolute atomic E-state index is 0.0755. The summed E-state index contributed by atoms with van der Waals surface area (Å²) in [5.41, 5.74) is 1.99. The lowest BCUT2D eigenvalue weighted by Crippen LogP contribution is -2.40. The highest BCUT2D eigenvalue weighted by molar-refractivity contribution is 5.78. The minimum Gasteiger partial charge on any atom is -0.355 e. The third-order valence-corrected chi connectivity index (χ3v) is 4.19. The maximum atomic E-state index is 12.3. The molecule has 1 fully saturated rings. The fourth-order valence-electron chi connectivity index (χ4n) is 2.77. The average Bonchev–Trinajstić information content (AvgIpc) is 2.61. The van der Waals surface area contributed by atoms with Gasteiger partial charge in [-0.25, -0.2) is 0 Å². The number of hydrogen-bond acceptors (Lipinski definition) is 5. The third-order valence-electron chi connectivity index (χ3n) is 4.19. The first-order valence-electron chi connectivity index (χ1n) is 7.94. The number of aromatic nitrogens is 3. The van der Waals surface area contributed by atoms with Gasteiger partial charge in [-0.15, -0.1) is 5.10 Å². The van der Waals surface area contributed by atoms with Gasteiger partial charge in [0.05, 0.1) is 5.69 Å². The first-order valence-corrected chi connectivity index (χ1v) is 7.94. The van der Waals surface area contributed by atoms with Crippen molar-refractivity contribution in [3.05, 3.63) is 47.9 Å². The van der Waals surface area contributed by atoms with E-state index in [2.05, 4.69) is 25.4 Å². The van der Waals surface area contributed by atoms with Crippen LogP contribution in [0.3, 0.4) is 0 Å². The Bertz CT molecular complexity index is 636. The highest BCUT2D eigenvalue weighted by Gasteiger charge is 2.25. The standard InChI is InChI=1S/C17H21N5O/c1-13-2-3-16(21-20-13)22-10-6-15(7-11-22)17(23)19-12-14-4-8-18-9-5-14/h2-5,8-9,15H,6-7,10-12H2,1H3,(H,19,23). The van der Waals surface area contributed by atoms with E-state index in [1.54, 1.807) is 12.4 Å². The van der Waals surface area contributed by atoms with Gasteiger partial charge in [0, 0.05) is 37.9 Å². The topological polar surface area (TPSA) is 71.0 Å². The van der Waals surface area contributed by atoms with Crippen molar-refractivity contribution in [3.8, 4) is 0 Å². The summed E-state index contributed by atoms with van der Waals surface area (Å²) in [6.07, 6.45) is 5.17. The SMILES string of the molecule is Cc1ccc(N2CCC(C(=O)NCc3ccncc3)CC2)nn1. The van der Waals surface area contributed by atoms with Crippen LogP contribution in [-0.2, 0) is 11.3 Å². The van der Waals surface area contributed by atoms with Crippen LogP contribution in [0.5, 0.6) is 0 Å². The van der Waals surface area contributed by atoms with Crippen LogP contribution in [-0.4, -0.2) is 34.2 Å². The number of rotatable bonds is 4. The predicted molar refractivity (Wildman–Crippen MR) is 87.8 cm³/mol. The van der Waals surface area contributed by atoms with Gasteiger partial charge < -0.3 is 10.2 Å². The monoisotopic (exact) mass is 311 g/mol. The summed E-state index contributed by atoms with van der Waals surface area (Å²) in [5, 5.41) is 11.3. The third kappa shape index (κ3) is 4.03. The van der Waals surface area contributed by atoms with E-state index in [0.29, 0.717) is 6.54 Å². The van der Waals surface area contributed by atoms with E-state index in [4.69, 9.17) is 0 Å². The maximum absolute atomic E-state index is 12.3. The lowest BCUT2D eigenvalue weighted by Gasteiger charge is -2.31. The van der Waals surface area contributed by atoms with E-state index >= 15 is 0 Å². The molecular weight excluding hydrogens is 290 g/mol. The molecule has 3 heterocycles. The van der Waals surface area contributed by atoms with Gasteiger partial charge in [0.2, 0.25) is 5.91 Å². The Morgan fingerprint density at radius 3 is 2.57 bits per heavy atom. The van der Waals surface area contributed by atoms with Crippen LogP contribution in [0.15, 0.2) is 36.7 Å². The van der Waals surface area contributed by atoms with Crippen LogP contribution in [0.2, 0.25) is 0 Å². The van der Waals surface area contributed by atoms with Crippen molar-refractivity contribution in [1.82, 2.24) is 20.5 Å². The Balaban J connectivity index is 1.48. The molecule has 0 radical (unpaired) electrons. The molecule has 3 rings (SSSR count). The highest BCUT2D eigenvalue weighted by atomic mass is 16.1. The van der Waals surface area contributed by atoms with Gasteiger partial charge in [0.15, 0.2) is 5.82 Å². The van der Waals surface area contributed by atoms with Crippen molar-refractivity contribution in [2.45, 2.75) is 26.3 Å². The average molecular weight is 311 g/mol. The number of carbonyl (C=O) groups excluding carboxylic acids is 1. The zero-order valence-corrected chi connectivity index (χ0v) is 13.3. The lowest BCUT2D eigenvalue weighted by molar-refractivity contribution is -0.125. The van der Waals surface area contributed by atoms with Crippen LogP contribution < -0.4 is 10.2 Å². The van der Waals surface area contributed by atoms with Crippen molar-refractivity contribution >= 4 is 11.7 Å². The number of nitrogens with one attached hydrogen (secondary N) is 1. The summed E-state index contributed by atoms with van der Waals surface area (Å²) < 4.78 is 0. The van der Waals surface area contributed by atoms with Crippen LogP contribution in [0.1, 0.15) is 24.1 Å². The molecule has 1 aliphatic rings. The molecule has 1 saturated heterocycles. The molecule has 1 N–H and O–H groups in total. The summed E-state index contributed by atoms with van der Waals surface area (Å²) in [7, 11) is 0. The Kier molecular flexibility index (Phi) is 4.80. The van der Waals surface area contributed by atoms with E-state index in [-0.39, 0.29) is 11.8 Å². The summed E-state index contributed by atoms with van der Waals surface area (Å²) >= 11 is 0. The molecule has 6 heteroatoms. The predicted octanol–water partition coefficient (Wildman–Crippen LogP) is 1.71. The van der Waals surface area contributed by atoms with E-state index in [1.165, 1.54) is 0 Å². The van der Waals surface area contributed by atoms with Gasteiger partial charge in [-0.3, -0.25) is 9.78 Å². The molecule has 23 heavy (non-hydrogen) atoms. The second kappa shape index (κ2) is 7.17. The fourth-order valence-corrected chi connectivity index (χ4v) is 2.77. The zero-order chi connectivity index (χ0) is 16.1. The van der Waals surface area contributed by atoms with Crippen LogP contribution in [0.4, 0.5) is 5.82 Å². The Hall–Kier alpha value is -2.50. The largest absolute Gasteiger partial charge is 0.355 e. The van der Waals surface area contributed by atoms with Crippen LogP contribution in [0, 0.1) is 12.8 Å². The zero-order valence-electron chi connectivity index (χ0n) is 13.3. The number of hydrogen-bond donors (Lipinski definition) is 1. The Morgan fingerprint density at radius 1 is 1.17 bits per heavy atom. The van der Waals surface area contributed by atoms with Gasteiger partial charge >= 0.3 is 0 Å². The second-order valence-corrected chi connectivity index (χ2v) is 5.87. The molecule has 0 atom stereocenters. The Morgan fingerprint density at radius 2 is 1.91 bits per heavy atom. The molecule has 2 aromatic rings. The molecule has 0 spiro atoms. The number of anilines is 1. The molecule has 0 saturated carbocycles. The summed E-state index contributed by atoms with van der Waals surface area (Å²) in [4.78, 5) is 18.5. The quantitative estimate of drug-likeness (QED) is 0.931. The van der Waals surface area contributed by atoms with Gasteiger partial charge in [-0.1, -0.05) is 0 Å². The number of carbonyl (C=O) groups is 1. The van der Waals surface area contributed by atoms with E-state index < -0.39 is 0 Å². The number of pyridine rings is 1. The number of aryl methyl sites for hydroxylation is 1. The van der Waals surface area contributed by atoms with Crippen molar-refractivity contribution in [3.63, 3.8) is 0 Å². The molecule has 1 aliphatic heterocycles. The molecule has 2 aromatic heterocycles. The second-order valence-electron chi connectivity index (χ2n) is 5.87. The fraction of sp³-hybridized carbons (Fsp3) is 0.412. The molecule has 120 valence electrons. The summed E-state index contributed by atoms with van der Waals surface area (Å²) in [6.45, 7) is 4.16. The van der Waals surface area contributed by atoms with Crippen molar-refractivity contribution < 1.29 is 4.79 Å². The summed E-state index contributed by atoms with van der Waals surface area (Å²) in [5.74, 6) is 1.11. The summed E-state index contributed by atoms with van der Waals surface area (Å²) in [6, 6.07) is 7.79. The van der Waals surface area contributed by atoms with E-state index in [9.17, 15) is 4.79 Å². The molecule has 6 nitrogen and oxygen atoms in total. The maximum Gasteiger partial charge on any atom is 0.223 e. The molecule has 1 amide bonds. The number of amides is 1. The Labute approximate surface area is 136 Å². The molecule has 0 unspecified atom stereocenters. The lowest BCUT2D eigenvalue weighted by atomic mass is 9.96. The molecule has 0 aliphatic carbocycles. The van der Waals surface area contributed by atoms with E-state index in [1.807, 2.05) is 31.2 Å².